The zero-order chi connectivity index (χ0) is 24.4. The minimum atomic E-state index is -1.14. The topological polar surface area (TPSA) is 100 Å². The van der Waals surface area contributed by atoms with Crippen LogP contribution in [-0.4, -0.2) is 47.9 Å². The van der Waals surface area contributed by atoms with Crippen molar-refractivity contribution in [3.05, 3.63) is 65.4 Å². The maximum absolute atomic E-state index is 13.4. The number of aromatic nitrogens is 1. The molecule has 0 aliphatic heterocycles. The molecule has 0 spiro atoms. The molecule has 174 valence electrons. The summed E-state index contributed by atoms with van der Waals surface area (Å²) in [4.78, 5) is 52.4. The van der Waals surface area contributed by atoms with Crippen LogP contribution in [0.1, 0.15) is 52.0 Å². The molecule has 4 rings (SSSR count). The van der Waals surface area contributed by atoms with Gasteiger partial charge in [0.25, 0.3) is 5.78 Å². The van der Waals surface area contributed by atoms with E-state index in [1.54, 1.807) is 45.0 Å². The highest BCUT2D eigenvalue weighted by atomic mass is 16.5. The summed E-state index contributed by atoms with van der Waals surface area (Å²) in [5.74, 6) is -3.91. The lowest BCUT2D eigenvalue weighted by Crippen LogP contribution is -2.23. The molecule has 0 N–H and O–H groups in total. The lowest BCUT2D eigenvalue weighted by Gasteiger charge is -2.12. The van der Waals surface area contributed by atoms with Gasteiger partial charge in [0.1, 0.15) is 16.8 Å². The van der Waals surface area contributed by atoms with Crippen molar-refractivity contribution < 1.29 is 33.4 Å². The number of ether oxygens (including phenoxy) is 3. The van der Waals surface area contributed by atoms with Gasteiger partial charge < -0.3 is 18.6 Å². The Morgan fingerprint density at radius 2 is 1.21 bits per heavy atom. The van der Waals surface area contributed by atoms with Gasteiger partial charge in [0.15, 0.2) is 0 Å². The van der Waals surface area contributed by atoms with Gasteiger partial charge in [0, 0.05) is 10.8 Å². The van der Waals surface area contributed by atoms with Gasteiger partial charge >= 0.3 is 17.9 Å². The fraction of sp³-hybridized carbons (Fsp3) is 0.231. The molecule has 34 heavy (non-hydrogen) atoms. The average molecular weight is 461 g/mol. The van der Waals surface area contributed by atoms with Crippen LogP contribution in [-0.2, 0) is 19.0 Å². The Morgan fingerprint density at radius 3 is 1.82 bits per heavy atom. The molecule has 0 bridgehead atoms. The van der Waals surface area contributed by atoms with E-state index < -0.39 is 23.7 Å². The summed E-state index contributed by atoms with van der Waals surface area (Å²) >= 11 is 0. The van der Waals surface area contributed by atoms with Crippen LogP contribution >= 0.6 is 0 Å². The molecule has 0 saturated heterocycles. The molecule has 8 heteroatoms. The van der Waals surface area contributed by atoms with Crippen LogP contribution in [0, 0.1) is 0 Å². The van der Waals surface area contributed by atoms with E-state index in [4.69, 9.17) is 14.2 Å². The molecule has 0 radical (unpaired) electrons. The Labute approximate surface area is 195 Å². The van der Waals surface area contributed by atoms with Gasteiger partial charge in [-0.15, -0.1) is 0 Å². The van der Waals surface area contributed by atoms with Gasteiger partial charge in [-0.25, -0.2) is 14.4 Å². The summed E-state index contributed by atoms with van der Waals surface area (Å²) in [7, 11) is 0. The normalized spacial score (nSPS) is 11.0. The highest BCUT2D eigenvalue weighted by Crippen LogP contribution is 2.37. The first-order chi connectivity index (χ1) is 16.5. The third-order valence-electron chi connectivity index (χ3n) is 5.42. The molecular weight excluding hydrogens is 438 g/mol. The first-order valence-electron chi connectivity index (χ1n) is 11.0. The zero-order valence-electron chi connectivity index (χ0n) is 19.0. The largest absolute Gasteiger partial charge is 0.462 e. The first kappa shape index (κ1) is 23.0. The Morgan fingerprint density at radius 1 is 0.676 bits per heavy atom. The predicted octanol–water partition coefficient (Wildman–Crippen LogP) is 4.34. The van der Waals surface area contributed by atoms with Crippen molar-refractivity contribution in [2.24, 2.45) is 0 Å². The van der Waals surface area contributed by atoms with E-state index in [-0.39, 0.29) is 42.2 Å². The van der Waals surface area contributed by atoms with Crippen molar-refractivity contribution in [1.29, 1.82) is 0 Å². The second kappa shape index (κ2) is 9.35. The van der Waals surface area contributed by atoms with Crippen molar-refractivity contribution in [2.75, 3.05) is 19.8 Å². The number of carbonyl (C=O) groups is 4. The monoisotopic (exact) mass is 461 g/mol. The summed E-state index contributed by atoms with van der Waals surface area (Å²) in [5.41, 5.74) is 0.0695. The van der Waals surface area contributed by atoms with E-state index >= 15 is 0 Å². The van der Waals surface area contributed by atoms with E-state index in [0.717, 1.165) is 10.8 Å². The molecule has 2 aromatic carbocycles. The van der Waals surface area contributed by atoms with Crippen LogP contribution in [0.15, 0.2) is 48.5 Å². The van der Waals surface area contributed by atoms with Gasteiger partial charge in [0.05, 0.1) is 30.9 Å². The maximum atomic E-state index is 13.4. The standard InChI is InChI=1S/C26H23NO7/c1-4-32-24(29)19-20(25(30)33-5-2)22(23(28)26(31)34-6-3)27-18-14-10-9-12-16(18)15-11-7-8-13-17(15)21(19)27/h7-14H,4-6H2,1-3H3. The smallest absolute Gasteiger partial charge is 0.381 e. The number of rotatable bonds is 7. The molecule has 0 amide bonds. The molecule has 0 aliphatic carbocycles. The summed E-state index contributed by atoms with van der Waals surface area (Å²) in [5, 5.41) is 2.18. The van der Waals surface area contributed by atoms with E-state index in [1.165, 1.54) is 4.40 Å². The molecule has 0 unspecified atom stereocenters. The molecular formula is C26H23NO7. The minimum Gasteiger partial charge on any atom is -0.462 e. The van der Waals surface area contributed by atoms with E-state index in [1.807, 2.05) is 24.3 Å². The number of benzene rings is 2. The lowest BCUT2D eigenvalue weighted by atomic mass is 10.0. The second-order valence-corrected chi connectivity index (χ2v) is 7.34. The van der Waals surface area contributed by atoms with Crippen molar-refractivity contribution >= 4 is 50.9 Å². The number of para-hydroxylation sites is 1. The van der Waals surface area contributed by atoms with E-state index in [0.29, 0.717) is 10.9 Å². The SMILES string of the molecule is CCOC(=O)C(=O)c1c(C(=O)OCC)c(C(=O)OCC)c2c3ccccc3c3ccccc3n12. The lowest BCUT2D eigenvalue weighted by molar-refractivity contribution is -0.137. The molecule has 0 aliphatic rings. The quantitative estimate of drug-likeness (QED) is 0.133. The van der Waals surface area contributed by atoms with Crippen molar-refractivity contribution in [1.82, 2.24) is 4.40 Å². The van der Waals surface area contributed by atoms with Crippen LogP contribution in [0.5, 0.6) is 0 Å². The number of nitrogens with zero attached hydrogens (tertiary/aromatic N) is 1. The van der Waals surface area contributed by atoms with Gasteiger partial charge in [-0.05, 0) is 32.2 Å². The summed E-state index contributed by atoms with van der Waals surface area (Å²) in [6.45, 7) is 4.83. The van der Waals surface area contributed by atoms with Crippen LogP contribution in [0.4, 0.5) is 0 Å². The Bertz CT molecular complexity index is 1460. The van der Waals surface area contributed by atoms with Crippen LogP contribution in [0.3, 0.4) is 0 Å². The highest BCUT2D eigenvalue weighted by Gasteiger charge is 2.37. The van der Waals surface area contributed by atoms with Crippen LogP contribution in [0.2, 0.25) is 0 Å². The third-order valence-corrected chi connectivity index (χ3v) is 5.42. The molecule has 2 aromatic heterocycles. The first-order valence-corrected chi connectivity index (χ1v) is 11.0. The molecule has 0 atom stereocenters. The summed E-state index contributed by atoms with van der Waals surface area (Å²) in [6, 6.07) is 14.5. The number of carbonyl (C=O) groups excluding carboxylic acids is 4. The van der Waals surface area contributed by atoms with E-state index in [2.05, 4.69) is 0 Å². The molecule has 2 heterocycles. The van der Waals surface area contributed by atoms with Crippen LogP contribution < -0.4 is 0 Å². The molecule has 0 saturated carbocycles. The number of Topliss-reactive ketones (excluding diaryl/α,β-unsaturated/α-hetero) is 1. The Hall–Kier alpha value is -4.20. The van der Waals surface area contributed by atoms with Gasteiger partial charge in [-0.3, -0.25) is 4.79 Å². The molecule has 0 fully saturated rings. The maximum Gasteiger partial charge on any atom is 0.381 e. The molecule has 4 aromatic rings. The number of hydrogen-bond acceptors (Lipinski definition) is 7. The fourth-order valence-corrected chi connectivity index (χ4v) is 4.20. The third kappa shape index (κ3) is 3.57. The number of pyridine rings is 1. The van der Waals surface area contributed by atoms with Crippen molar-refractivity contribution in [3.63, 3.8) is 0 Å². The highest BCUT2D eigenvalue weighted by molar-refractivity contribution is 6.43. The summed E-state index contributed by atoms with van der Waals surface area (Å²) < 4.78 is 16.9. The van der Waals surface area contributed by atoms with Crippen molar-refractivity contribution in [2.45, 2.75) is 20.8 Å². The average Bonchev–Trinajstić information content (AvgIpc) is 3.21. The zero-order valence-corrected chi connectivity index (χ0v) is 19.0. The number of esters is 3. The summed E-state index contributed by atoms with van der Waals surface area (Å²) in [6.07, 6.45) is 0. The number of fused-ring (bicyclic) bond motifs is 6. The number of ketones is 1. The second-order valence-electron chi connectivity index (χ2n) is 7.34. The number of hydrogen-bond donors (Lipinski definition) is 0. The molecule has 8 nitrogen and oxygen atoms in total. The van der Waals surface area contributed by atoms with E-state index in [9.17, 15) is 19.2 Å². The Kier molecular flexibility index (Phi) is 6.32. The van der Waals surface area contributed by atoms with Gasteiger partial charge in [-0.2, -0.15) is 0 Å². The van der Waals surface area contributed by atoms with Gasteiger partial charge in [0.2, 0.25) is 0 Å². The van der Waals surface area contributed by atoms with Gasteiger partial charge in [-0.1, -0.05) is 42.5 Å². The predicted molar refractivity (Wildman–Crippen MR) is 125 cm³/mol. The minimum absolute atomic E-state index is 0.00181. The van der Waals surface area contributed by atoms with Crippen LogP contribution in [0.25, 0.3) is 27.2 Å². The van der Waals surface area contributed by atoms with Crippen molar-refractivity contribution in [3.8, 4) is 0 Å². The fourth-order valence-electron chi connectivity index (χ4n) is 4.20. The Balaban J connectivity index is 2.31.